The molecule has 0 heterocycles. The summed E-state index contributed by atoms with van der Waals surface area (Å²) in [7, 11) is 0. The summed E-state index contributed by atoms with van der Waals surface area (Å²) in [5.41, 5.74) is 0.430. The van der Waals surface area contributed by atoms with Crippen LogP contribution in [0, 0.1) is 5.92 Å². The number of ether oxygens (including phenoxy) is 1. The number of unbranched alkanes of at least 4 members (excludes halogenated alkanes) is 1. The zero-order valence-electron chi connectivity index (χ0n) is 12.4. The maximum absolute atomic E-state index is 12.1. The summed E-state index contributed by atoms with van der Waals surface area (Å²) in [5.74, 6) is -0.00265. The number of hydrogen-bond donors (Lipinski definition) is 0. The average Bonchev–Trinajstić information content (AvgIpc) is 2.42. The molecule has 1 atom stereocenters. The Hall–Kier alpha value is -1.52. The van der Waals surface area contributed by atoms with E-state index >= 15 is 0 Å². The van der Waals surface area contributed by atoms with Gasteiger partial charge < -0.3 is 4.74 Å². The Morgan fingerprint density at radius 3 is 2.29 bits per heavy atom. The Bertz CT molecular complexity index is 438. The van der Waals surface area contributed by atoms with Crippen LogP contribution in [-0.2, 0) is 0 Å². The highest BCUT2D eigenvalue weighted by Crippen LogP contribution is 2.24. The minimum Gasteiger partial charge on any atom is -0.406 e. The molecule has 0 radical (unpaired) electrons. The number of alkyl halides is 3. The van der Waals surface area contributed by atoms with E-state index in [4.69, 9.17) is 0 Å². The fraction of sp³-hybridized carbons (Fsp3) is 0.562. The van der Waals surface area contributed by atoms with E-state index in [9.17, 15) is 18.0 Å². The molecule has 1 aromatic carbocycles. The number of carbonyl (C=O) groups is 1. The van der Waals surface area contributed by atoms with Crippen LogP contribution in [0.25, 0.3) is 0 Å². The maximum atomic E-state index is 12.1. The first-order valence-corrected chi connectivity index (χ1v) is 7.24. The lowest BCUT2D eigenvalue weighted by Gasteiger charge is -2.13. The van der Waals surface area contributed by atoms with Crippen LogP contribution in [0.3, 0.4) is 0 Å². The van der Waals surface area contributed by atoms with Gasteiger partial charge in [0.05, 0.1) is 0 Å². The van der Waals surface area contributed by atoms with E-state index in [1.807, 2.05) is 6.92 Å². The molecule has 21 heavy (non-hydrogen) atoms. The molecule has 0 N–H and O–H groups in total. The molecule has 118 valence electrons. The van der Waals surface area contributed by atoms with Crippen LogP contribution in [0.2, 0.25) is 0 Å². The molecule has 1 aromatic rings. The normalized spacial score (nSPS) is 13.0. The van der Waals surface area contributed by atoms with E-state index in [0.717, 1.165) is 25.7 Å². The minimum atomic E-state index is -4.71. The summed E-state index contributed by atoms with van der Waals surface area (Å²) in [4.78, 5) is 12.1. The zero-order chi connectivity index (χ0) is 15.9. The van der Waals surface area contributed by atoms with Crippen LogP contribution in [0.5, 0.6) is 5.75 Å². The van der Waals surface area contributed by atoms with Gasteiger partial charge in [0.25, 0.3) is 0 Å². The highest BCUT2D eigenvalue weighted by Gasteiger charge is 2.31. The van der Waals surface area contributed by atoms with E-state index in [1.165, 1.54) is 24.3 Å². The van der Waals surface area contributed by atoms with Crippen LogP contribution in [-0.4, -0.2) is 12.1 Å². The SMILES string of the molecule is CCCCC(CC)CC(=O)c1ccc(OC(F)(F)F)cc1. The fourth-order valence-corrected chi connectivity index (χ4v) is 2.17. The van der Waals surface area contributed by atoms with Crippen molar-refractivity contribution in [1.29, 1.82) is 0 Å². The summed E-state index contributed by atoms with van der Waals surface area (Å²) < 4.78 is 39.9. The van der Waals surface area contributed by atoms with Gasteiger partial charge in [0, 0.05) is 12.0 Å². The second-order valence-corrected chi connectivity index (χ2v) is 5.12. The molecule has 0 saturated heterocycles. The largest absolute Gasteiger partial charge is 0.573 e. The molecule has 2 nitrogen and oxygen atoms in total. The van der Waals surface area contributed by atoms with Crippen molar-refractivity contribution in [2.45, 2.75) is 52.3 Å². The van der Waals surface area contributed by atoms with Gasteiger partial charge in [-0.1, -0.05) is 39.5 Å². The number of Topliss-reactive ketones (excluding diaryl/α,β-unsaturated/α-hetero) is 1. The van der Waals surface area contributed by atoms with Gasteiger partial charge in [0.1, 0.15) is 5.75 Å². The quantitative estimate of drug-likeness (QED) is 0.603. The molecule has 0 aliphatic heterocycles. The number of rotatable bonds is 8. The molecule has 1 unspecified atom stereocenters. The molecule has 1 rings (SSSR count). The van der Waals surface area contributed by atoms with Crippen LogP contribution in [0.1, 0.15) is 56.3 Å². The first-order chi connectivity index (χ1) is 9.85. The zero-order valence-corrected chi connectivity index (χ0v) is 12.4. The number of ketones is 1. The highest BCUT2D eigenvalue weighted by atomic mass is 19.4. The van der Waals surface area contributed by atoms with E-state index in [1.54, 1.807) is 0 Å². The summed E-state index contributed by atoms with van der Waals surface area (Å²) in [6.07, 6.45) is -0.151. The lowest BCUT2D eigenvalue weighted by Crippen LogP contribution is -2.17. The molecule has 0 amide bonds. The first-order valence-electron chi connectivity index (χ1n) is 7.24. The van der Waals surface area contributed by atoms with Crippen molar-refractivity contribution in [3.63, 3.8) is 0 Å². The van der Waals surface area contributed by atoms with E-state index < -0.39 is 6.36 Å². The molecular formula is C16H21F3O2. The van der Waals surface area contributed by atoms with Gasteiger partial charge in [0.15, 0.2) is 5.78 Å². The molecule has 0 aliphatic carbocycles. The lowest BCUT2D eigenvalue weighted by atomic mass is 9.91. The van der Waals surface area contributed by atoms with Gasteiger partial charge in [0.2, 0.25) is 0 Å². The summed E-state index contributed by atoms with van der Waals surface area (Å²) in [6, 6.07) is 5.12. The number of benzene rings is 1. The van der Waals surface area contributed by atoms with Crippen molar-refractivity contribution in [2.75, 3.05) is 0 Å². The van der Waals surface area contributed by atoms with Crippen LogP contribution < -0.4 is 4.74 Å². The van der Waals surface area contributed by atoms with Crippen molar-refractivity contribution >= 4 is 5.78 Å². The van der Waals surface area contributed by atoms with Crippen molar-refractivity contribution < 1.29 is 22.7 Å². The Morgan fingerprint density at radius 1 is 1.19 bits per heavy atom. The molecule has 0 bridgehead atoms. The van der Waals surface area contributed by atoms with Crippen LogP contribution >= 0.6 is 0 Å². The first kappa shape index (κ1) is 17.5. The predicted octanol–water partition coefficient (Wildman–Crippen LogP) is 5.37. The van der Waals surface area contributed by atoms with Gasteiger partial charge in [-0.3, -0.25) is 4.79 Å². The minimum absolute atomic E-state index is 0.0310. The third-order valence-electron chi connectivity index (χ3n) is 3.43. The Labute approximate surface area is 123 Å². The fourth-order valence-electron chi connectivity index (χ4n) is 2.17. The van der Waals surface area contributed by atoms with Crippen molar-refractivity contribution in [1.82, 2.24) is 0 Å². The van der Waals surface area contributed by atoms with Crippen molar-refractivity contribution in [3.8, 4) is 5.75 Å². The van der Waals surface area contributed by atoms with Crippen LogP contribution in [0.4, 0.5) is 13.2 Å². The maximum Gasteiger partial charge on any atom is 0.573 e. The summed E-state index contributed by atoms with van der Waals surface area (Å²) >= 11 is 0. The van der Waals surface area contributed by atoms with Gasteiger partial charge in [-0.05, 0) is 30.2 Å². The lowest BCUT2D eigenvalue weighted by molar-refractivity contribution is -0.274. The molecule has 5 heteroatoms. The molecule has 0 saturated carbocycles. The van der Waals surface area contributed by atoms with E-state index in [-0.39, 0.29) is 11.5 Å². The van der Waals surface area contributed by atoms with Crippen LogP contribution in [0.15, 0.2) is 24.3 Å². The molecule has 0 spiro atoms. The van der Waals surface area contributed by atoms with E-state index in [0.29, 0.717) is 17.9 Å². The second kappa shape index (κ2) is 8.05. The standard InChI is InChI=1S/C16H21F3O2/c1-3-5-6-12(4-2)11-15(20)13-7-9-14(10-8-13)21-16(17,18)19/h7-10,12H,3-6,11H2,1-2H3. The molecule has 0 fully saturated rings. The third kappa shape index (κ3) is 6.65. The monoisotopic (exact) mass is 302 g/mol. The highest BCUT2D eigenvalue weighted by molar-refractivity contribution is 5.96. The summed E-state index contributed by atoms with van der Waals surface area (Å²) in [6.45, 7) is 4.15. The topological polar surface area (TPSA) is 26.3 Å². The number of halogens is 3. The smallest absolute Gasteiger partial charge is 0.406 e. The molecule has 0 aromatic heterocycles. The Morgan fingerprint density at radius 2 is 1.81 bits per heavy atom. The Kier molecular flexibility index (Phi) is 6.72. The summed E-state index contributed by atoms with van der Waals surface area (Å²) in [5, 5.41) is 0. The second-order valence-electron chi connectivity index (χ2n) is 5.12. The number of carbonyl (C=O) groups excluding carboxylic acids is 1. The Balaban J connectivity index is 2.62. The van der Waals surface area contributed by atoms with E-state index in [2.05, 4.69) is 11.7 Å². The molecular weight excluding hydrogens is 281 g/mol. The van der Waals surface area contributed by atoms with Gasteiger partial charge in [-0.2, -0.15) is 0 Å². The van der Waals surface area contributed by atoms with Crippen molar-refractivity contribution in [2.24, 2.45) is 5.92 Å². The van der Waals surface area contributed by atoms with Gasteiger partial charge >= 0.3 is 6.36 Å². The third-order valence-corrected chi connectivity index (χ3v) is 3.43. The molecule has 0 aliphatic rings. The number of hydrogen-bond acceptors (Lipinski definition) is 2. The van der Waals surface area contributed by atoms with Gasteiger partial charge in [-0.25, -0.2) is 0 Å². The van der Waals surface area contributed by atoms with Crippen molar-refractivity contribution in [3.05, 3.63) is 29.8 Å². The predicted molar refractivity (Wildman–Crippen MR) is 75.4 cm³/mol. The average molecular weight is 302 g/mol. The van der Waals surface area contributed by atoms with Gasteiger partial charge in [-0.15, -0.1) is 13.2 Å².